The summed E-state index contributed by atoms with van der Waals surface area (Å²) in [5.41, 5.74) is 0.782. The standard InChI is InChI=1S/C12H14O4/c1-12(2)6-8-4-3-5-9(11(8)16-12)15-7-10(13)14/h3-5H,6-7H2,1-2H3,(H,13,14)/p-1. The summed E-state index contributed by atoms with van der Waals surface area (Å²) in [5, 5.41) is 10.3. The van der Waals surface area contributed by atoms with E-state index in [1.54, 1.807) is 6.07 Å². The van der Waals surface area contributed by atoms with E-state index in [0.717, 1.165) is 12.0 Å². The number of hydrogen-bond acceptors (Lipinski definition) is 4. The molecule has 86 valence electrons. The number of carbonyl (C=O) groups is 1. The summed E-state index contributed by atoms with van der Waals surface area (Å²) in [6.07, 6.45) is 0.796. The van der Waals surface area contributed by atoms with Crippen LogP contribution in [0.3, 0.4) is 0 Å². The highest BCUT2D eigenvalue weighted by Crippen LogP contribution is 2.41. The Morgan fingerprint density at radius 3 is 3.00 bits per heavy atom. The Labute approximate surface area is 93.8 Å². The third-order valence-electron chi connectivity index (χ3n) is 2.40. The molecule has 2 rings (SSSR count). The van der Waals surface area contributed by atoms with Crippen molar-refractivity contribution in [3.8, 4) is 11.5 Å². The van der Waals surface area contributed by atoms with Crippen LogP contribution in [-0.2, 0) is 11.2 Å². The highest BCUT2D eigenvalue weighted by atomic mass is 16.5. The predicted molar refractivity (Wildman–Crippen MR) is 55.4 cm³/mol. The highest BCUT2D eigenvalue weighted by Gasteiger charge is 2.32. The summed E-state index contributed by atoms with van der Waals surface area (Å²) >= 11 is 0. The average Bonchev–Trinajstić information content (AvgIpc) is 2.48. The van der Waals surface area contributed by atoms with E-state index in [9.17, 15) is 9.90 Å². The minimum atomic E-state index is -1.24. The summed E-state index contributed by atoms with van der Waals surface area (Å²) in [6.45, 7) is 3.51. The molecule has 0 aromatic heterocycles. The molecule has 1 aliphatic rings. The average molecular weight is 221 g/mol. The van der Waals surface area contributed by atoms with Gasteiger partial charge in [-0.25, -0.2) is 0 Å². The van der Waals surface area contributed by atoms with Gasteiger partial charge in [-0.3, -0.25) is 0 Å². The smallest absolute Gasteiger partial charge is 0.165 e. The van der Waals surface area contributed by atoms with Crippen LogP contribution in [0.15, 0.2) is 18.2 Å². The number of carboxylic acid groups (broad SMARTS) is 1. The quantitative estimate of drug-likeness (QED) is 0.747. The molecular weight excluding hydrogens is 208 g/mol. The summed E-state index contributed by atoms with van der Waals surface area (Å²) in [6, 6.07) is 5.48. The molecule has 1 aromatic rings. The van der Waals surface area contributed by atoms with Crippen LogP contribution in [0.4, 0.5) is 0 Å². The summed E-state index contributed by atoms with van der Waals surface area (Å²) in [7, 11) is 0. The number of aliphatic carboxylic acids is 1. The Morgan fingerprint density at radius 2 is 2.31 bits per heavy atom. The SMILES string of the molecule is CC1(C)Cc2cccc(OCC(=O)[O-])c2O1. The Morgan fingerprint density at radius 1 is 1.56 bits per heavy atom. The number of carboxylic acids is 1. The molecule has 1 heterocycles. The van der Waals surface area contributed by atoms with Crippen LogP contribution in [-0.4, -0.2) is 18.2 Å². The van der Waals surface area contributed by atoms with Gasteiger partial charge in [-0.1, -0.05) is 12.1 Å². The van der Waals surface area contributed by atoms with Crippen LogP contribution in [0.1, 0.15) is 19.4 Å². The third-order valence-corrected chi connectivity index (χ3v) is 2.40. The van der Waals surface area contributed by atoms with Gasteiger partial charge < -0.3 is 19.4 Å². The maximum absolute atomic E-state index is 10.3. The number of carbonyl (C=O) groups excluding carboxylic acids is 1. The number of hydrogen-bond donors (Lipinski definition) is 0. The van der Waals surface area contributed by atoms with Gasteiger partial charge in [0, 0.05) is 12.0 Å². The molecule has 0 unspecified atom stereocenters. The van der Waals surface area contributed by atoms with Gasteiger partial charge >= 0.3 is 0 Å². The van der Waals surface area contributed by atoms with E-state index in [4.69, 9.17) is 9.47 Å². The maximum atomic E-state index is 10.3. The molecular formula is C12H13O4-. The van der Waals surface area contributed by atoms with Crippen molar-refractivity contribution in [1.82, 2.24) is 0 Å². The van der Waals surface area contributed by atoms with Crippen molar-refractivity contribution < 1.29 is 19.4 Å². The second-order valence-corrected chi connectivity index (χ2v) is 4.44. The number of para-hydroxylation sites is 1. The lowest BCUT2D eigenvalue weighted by molar-refractivity contribution is -0.307. The fraction of sp³-hybridized carbons (Fsp3) is 0.417. The first-order chi connectivity index (χ1) is 7.48. The lowest BCUT2D eigenvalue weighted by atomic mass is 10.0. The number of fused-ring (bicyclic) bond motifs is 1. The van der Waals surface area contributed by atoms with Crippen LogP contribution < -0.4 is 14.6 Å². The molecule has 1 aromatic carbocycles. The first-order valence-electron chi connectivity index (χ1n) is 5.11. The van der Waals surface area contributed by atoms with Crippen LogP contribution in [0, 0.1) is 0 Å². The zero-order chi connectivity index (χ0) is 11.8. The van der Waals surface area contributed by atoms with Gasteiger partial charge in [0.05, 0.1) is 5.97 Å². The normalized spacial score (nSPS) is 16.4. The Hall–Kier alpha value is -1.71. The highest BCUT2D eigenvalue weighted by molar-refractivity contribution is 5.66. The molecule has 0 amide bonds. The monoisotopic (exact) mass is 221 g/mol. The molecule has 0 saturated carbocycles. The number of benzene rings is 1. The van der Waals surface area contributed by atoms with Gasteiger partial charge in [-0.05, 0) is 19.9 Å². The number of ether oxygens (including phenoxy) is 2. The molecule has 1 aliphatic heterocycles. The van der Waals surface area contributed by atoms with Crippen LogP contribution in [0.5, 0.6) is 11.5 Å². The van der Waals surface area contributed by atoms with Gasteiger partial charge in [0.2, 0.25) is 0 Å². The molecule has 0 atom stereocenters. The van der Waals surface area contributed by atoms with Crippen LogP contribution in [0.2, 0.25) is 0 Å². The van der Waals surface area contributed by atoms with E-state index >= 15 is 0 Å². The van der Waals surface area contributed by atoms with Crippen molar-refractivity contribution in [1.29, 1.82) is 0 Å². The number of rotatable bonds is 3. The van der Waals surface area contributed by atoms with Crippen molar-refractivity contribution in [2.45, 2.75) is 25.9 Å². The molecule has 16 heavy (non-hydrogen) atoms. The maximum Gasteiger partial charge on any atom is 0.165 e. The van der Waals surface area contributed by atoms with E-state index in [1.165, 1.54) is 0 Å². The molecule has 0 bridgehead atoms. The predicted octanol–water partition coefficient (Wildman–Crippen LogP) is 0.529. The Balaban J connectivity index is 2.23. The van der Waals surface area contributed by atoms with Gasteiger partial charge in [0.15, 0.2) is 11.5 Å². The Kier molecular flexibility index (Phi) is 2.50. The minimum absolute atomic E-state index is 0.261. The summed E-state index contributed by atoms with van der Waals surface area (Å²) in [4.78, 5) is 10.3. The first kappa shape index (κ1) is 10.8. The fourth-order valence-corrected chi connectivity index (χ4v) is 1.84. The van der Waals surface area contributed by atoms with Gasteiger partial charge in [0.25, 0.3) is 0 Å². The van der Waals surface area contributed by atoms with E-state index in [1.807, 2.05) is 26.0 Å². The van der Waals surface area contributed by atoms with Crippen LogP contribution in [0.25, 0.3) is 0 Å². The lowest BCUT2D eigenvalue weighted by Gasteiger charge is -2.18. The van der Waals surface area contributed by atoms with Gasteiger partial charge in [0.1, 0.15) is 12.2 Å². The minimum Gasteiger partial charge on any atom is -0.546 e. The second-order valence-electron chi connectivity index (χ2n) is 4.44. The molecule has 0 radical (unpaired) electrons. The van der Waals surface area contributed by atoms with E-state index in [2.05, 4.69) is 0 Å². The van der Waals surface area contributed by atoms with Gasteiger partial charge in [-0.2, -0.15) is 0 Å². The third kappa shape index (κ3) is 2.10. The van der Waals surface area contributed by atoms with E-state index < -0.39 is 12.6 Å². The lowest BCUT2D eigenvalue weighted by Crippen LogP contribution is -2.29. The second kappa shape index (κ2) is 3.70. The molecule has 0 fully saturated rings. The molecule has 0 N–H and O–H groups in total. The zero-order valence-electron chi connectivity index (χ0n) is 9.28. The molecule has 0 saturated heterocycles. The molecule has 4 nitrogen and oxygen atoms in total. The summed E-state index contributed by atoms with van der Waals surface area (Å²) in [5.74, 6) is -0.129. The fourth-order valence-electron chi connectivity index (χ4n) is 1.84. The summed E-state index contributed by atoms with van der Waals surface area (Å²) < 4.78 is 10.8. The van der Waals surface area contributed by atoms with Gasteiger partial charge in [-0.15, -0.1) is 0 Å². The van der Waals surface area contributed by atoms with Crippen molar-refractivity contribution >= 4 is 5.97 Å². The van der Waals surface area contributed by atoms with Crippen LogP contribution >= 0.6 is 0 Å². The van der Waals surface area contributed by atoms with Crippen molar-refractivity contribution in [3.63, 3.8) is 0 Å². The van der Waals surface area contributed by atoms with Crippen molar-refractivity contribution in [2.75, 3.05) is 6.61 Å². The van der Waals surface area contributed by atoms with Crippen molar-refractivity contribution in [3.05, 3.63) is 23.8 Å². The molecule has 0 spiro atoms. The topological polar surface area (TPSA) is 58.6 Å². The largest absolute Gasteiger partial charge is 0.546 e. The van der Waals surface area contributed by atoms with Crippen molar-refractivity contribution in [2.24, 2.45) is 0 Å². The molecule has 0 aliphatic carbocycles. The zero-order valence-corrected chi connectivity index (χ0v) is 9.28. The first-order valence-corrected chi connectivity index (χ1v) is 5.11. The van der Waals surface area contributed by atoms with E-state index in [0.29, 0.717) is 11.5 Å². The Bertz CT molecular complexity index is 423. The van der Waals surface area contributed by atoms with E-state index in [-0.39, 0.29) is 5.60 Å². The molecule has 4 heteroatoms.